The molecule has 0 spiro atoms. The molecule has 1 heterocycles. The number of hydrogen-bond acceptors (Lipinski definition) is 3. The largest absolute Gasteiger partial charge is 0.368 e. The summed E-state index contributed by atoms with van der Waals surface area (Å²) >= 11 is 3.39. The van der Waals surface area contributed by atoms with Gasteiger partial charge < -0.3 is 9.80 Å². The molecule has 2 aromatic rings. The minimum Gasteiger partial charge on any atom is -0.368 e. The van der Waals surface area contributed by atoms with Crippen LogP contribution in [-0.4, -0.2) is 42.8 Å². The minimum atomic E-state index is 0.0754. The van der Waals surface area contributed by atoms with Gasteiger partial charge in [-0.2, -0.15) is 0 Å². The van der Waals surface area contributed by atoms with Crippen molar-refractivity contribution >= 4 is 33.3 Å². The van der Waals surface area contributed by atoms with Crippen molar-refractivity contribution in [3.05, 3.63) is 64.1 Å². The molecule has 0 bridgehead atoms. The van der Waals surface area contributed by atoms with Crippen molar-refractivity contribution in [2.24, 2.45) is 0 Å². The van der Waals surface area contributed by atoms with Crippen LogP contribution < -0.4 is 4.90 Å². The molecule has 124 valence electrons. The second-order valence-electron chi connectivity index (χ2n) is 5.89. The molecule has 2 aromatic carbocycles. The number of benzene rings is 2. The number of rotatable bonds is 3. The Bertz CT molecular complexity index is 733. The summed E-state index contributed by atoms with van der Waals surface area (Å²) in [7, 11) is 0. The van der Waals surface area contributed by atoms with Gasteiger partial charge in [0, 0.05) is 47.5 Å². The Morgan fingerprint density at radius 3 is 1.92 bits per heavy atom. The van der Waals surface area contributed by atoms with Crippen LogP contribution in [0.2, 0.25) is 0 Å². The first-order chi connectivity index (χ1) is 11.5. The van der Waals surface area contributed by atoms with Gasteiger partial charge in [-0.15, -0.1) is 0 Å². The number of Topliss-reactive ketones (excluding diaryl/α,β-unsaturated/α-hetero) is 1. The van der Waals surface area contributed by atoms with Crippen LogP contribution in [0.3, 0.4) is 0 Å². The maximum atomic E-state index is 12.5. The molecule has 1 aliphatic rings. The first-order valence-corrected chi connectivity index (χ1v) is 8.75. The number of amides is 1. The molecule has 0 atom stereocenters. The predicted molar refractivity (Wildman–Crippen MR) is 98.7 cm³/mol. The predicted octanol–water partition coefficient (Wildman–Crippen LogP) is 3.61. The standard InChI is InChI=1S/C19H19BrN2O2/c1-14(23)15-4-8-18(9-5-15)21-10-12-22(13-11-21)19(24)16-2-6-17(20)7-3-16/h2-9H,10-13H2,1H3. The van der Waals surface area contributed by atoms with Gasteiger partial charge in [0.2, 0.25) is 0 Å². The van der Waals surface area contributed by atoms with Crippen LogP contribution in [-0.2, 0) is 0 Å². The molecular weight excluding hydrogens is 368 g/mol. The highest BCUT2D eigenvalue weighted by Crippen LogP contribution is 2.19. The van der Waals surface area contributed by atoms with Gasteiger partial charge in [-0.25, -0.2) is 0 Å². The summed E-state index contributed by atoms with van der Waals surface area (Å²) in [6.07, 6.45) is 0. The number of ketones is 1. The van der Waals surface area contributed by atoms with Crippen LogP contribution in [0, 0.1) is 0 Å². The normalized spacial score (nSPS) is 14.6. The molecule has 1 aliphatic heterocycles. The fraction of sp³-hybridized carbons (Fsp3) is 0.263. The van der Waals surface area contributed by atoms with Crippen molar-refractivity contribution in [1.29, 1.82) is 0 Å². The van der Waals surface area contributed by atoms with Gasteiger partial charge in [-0.3, -0.25) is 9.59 Å². The van der Waals surface area contributed by atoms with Gasteiger partial charge in [-0.1, -0.05) is 15.9 Å². The van der Waals surface area contributed by atoms with Crippen LogP contribution in [0.1, 0.15) is 27.6 Å². The van der Waals surface area contributed by atoms with E-state index in [1.54, 1.807) is 6.92 Å². The Labute approximate surface area is 150 Å². The highest BCUT2D eigenvalue weighted by molar-refractivity contribution is 9.10. The monoisotopic (exact) mass is 386 g/mol. The van der Waals surface area contributed by atoms with E-state index in [0.717, 1.165) is 34.4 Å². The second kappa shape index (κ2) is 7.18. The Morgan fingerprint density at radius 1 is 0.833 bits per heavy atom. The van der Waals surface area contributed by atoms with E-state index in [0.29, 0.717) is 13.1 Å². The topological polar surface area (TPSA) is 40.6 Å². The van der Waals surface area contributed by atoms with Crippen LogP contribution in [0.4, 0.5) is 5.69 Å². The summed E-state index contributed by atoms with van der Waals surface area (Å²) < 4.78 is 0.970. The molecule has 1 amide bonds. The Balaban J connectivity index is 1.62. The summed E-state index contributed by atoms with van der Waals surface area (Å²) in [5, 5.41) is 0. The van der Waals surface area contributed by atoms with E-state index >= 15 is 0 Å². The van der Waals surface area contributed by atoms with Crippen molar-refractivity contribution in [3.8, 4) is 0 Å². The lowest BCUT2D eigenvalue weighted by Gasteiger charge is -2.36. The van der Waals surface area contributed by atoms with E-state index in [-0.39, 0.29) is 11.7 Å². The van der Waals surface area contributed by atoms with Gasteiger partial charge in [0.25, 0.3) is 5.91 Å². The molecule has 5 heteroatoms. The smallest absolute Gasteiger partial charge is 0.253 e. The lowest BCUT2D eigenvalue weighted by Crippen LogP contribution is -2.48. The van der Waals surface area contributed by atoms with E-state index in [1.165, 1.54) is 0 Å². The van der Waals surface area contributed by atoms with Gasteiger partial charge >= 0.3 is 0 Å². The van der Waals surface area contributed by atoms with Gasteiger partial charge in [0.15, 0.2) is 5.78 Å². The Morgan fingerprint density at radius 2 is 1.38 bits per heavy atom. The highest BCUT2D eigenvalue weighted by Gasteiger charge is 2.22. The molecule has 0 aliphatic carbocycles. The first kappa shape index (κ1) is 16.7. The molecule has 3 rings (SSSR count). The maximum absolute atomic E-state index is 12.5. The number of piperazine rings is 1. The fourth-order valence-electron chi connectivity index (χ4n) is 2.85. The number of nitrogens with zero attached hydrogens (tertiary/aromatic N) is 2. The SMILES string of the molecule is CC(=O)c1ccc(N2CCN(C(=O)c3ccc(Br)cc3)CC2)cc1. The molecule has 24 heavy (non-hydrogen) atoms. The van der Waals surface area contributed by atoms with E-state index in [4.69, 9.17) is 0 Å². The lowest BCUT2D eigenvalue weighted by molar-refractivity contribution is 0.0746. The van der Waals surface area contributed by atoms with E-state index in [9.17, 15) is 9.59 Å². The van der Waals surface area contributed by atoms with Crippen molar-refractivity contribution in [3.63, 3.8) is 0 Å². The summed E-state index contributed by atoms with van der Waals surface area (Å²) in [5.74, 6) is 0.153. The van der Waals surface area contributed by atoms with Gasteiger partial charge in [-0.05, 0) is 55.5 Å². The highest BCUT2D eigenvalue weighted by atomic mass is 79.9. The zero-order chi connectivity index (χ0) is 17.1. The lowest BCUT2D eigenvalue weighted by atomic mass is 10.1. The molecular formula is C19H19BrN2O2. The Kier molecular flexibility index (Phi) is 5.00. The molecule has 0 saturated carbocycles. The van der Waals surface area contributed by atoms with Crippen LogP contribution in [0.5, 0.6) is 0 Å². The van der Waals surface area contributed by atoms with Crippen molar-refractivity contribution in [2.45, 2.75) is 6.92 Å². The van der Waals surface area contributed by atoms with E-state index < -0.39 is 0 Å². The van der Waals surface area contributed by atoms with Crippen LogP contribution in [0.15, 0.2) is 53.0 Å². The molecule has 0 unspecified atom stereocenters. The van der Waals surface area contributed by atoms with Gasteiger partial charge in [0.1, 0.15) is 0 Å². The first-order valence-electron chi connectivity index (χ1n) is 7.95. The average molecular weight is 387 g/mol. The molecule has 1 saturated heterocycles. The molecule has 1 fully saturated rings. The number of hydrogen-bond donors (Lipinski definition) is 0. The third-order valence-electron chi connectivity index (χ3n) is 4.30. The second-order valence-corrected chi connectivity index (χ2v) is 6.80. The van der Waals surface area contributed by atoms with E-state index in [2.05, 4.69) is 20.8 Å². The van der Waals surface area contributed by atoms with Crippen molar-refractivity contribution in [2.75, 3.05) is 31.1 Å². The molecule has 4 nitrogen and oxygen atoms in total. The van der Waals surface area contributed by atoms with Gasteiger partial charge in [0.05, 0.1) is 0 Å². The maximum Gasteiger partial charge on any atom is 0.253 e. The molecule has 0 N–H and O–H groups in total. The fourth-order valence-corrected chi connectivity index (χ4v) is 3.11. The van der Waals surface area contributed by atoms with E-state index in [1.807, 2.05) is 53.4 Å². The summed E-state index contributed by atoms with van der Waals surface area (Å²) in [4.78, 5) is 28.0. The zero-order valence-corrected chi connectivity index (χ0v) is 15.1. The molecule has 0 aromatic heterocycles. The summed E-state index contributed by atoms with van der Waals surface area (Å²) in [5.41, 5.74) is 2.54. The van der Waals surface area contributed by atoms with Crippen LogP contribution in [0.25, 0.3) is 0 Å². The number of carbonyl (C=O) groups is 2. The Hall–Kier alpha value is -2.14. The average Bonchev–Trinajstić information content (AvgIpc) is 2.62. The third kappa shape index (κ3) is 3.67. The van der Waals surface area contributed by atoms with Crippen LogP contribution >= 0.6 is 15.9 Å². The minimum absolute atomic E-state index is 0.0754. The third-order valence-corrected chi connectivity index (χ3v) is 4.83. The van der Waals surface area contributed by atoms with Crippen molar-refractivity contribution in [1.82, 2.24) is 4.90 Å². The van der Waals surface area contributed by atoms with Crippen molar-refractivity contribution < 1.29 is 9.59 Å². The number of carbonyl (C=O) groups excluding carboxylic acids is 2. The quantitative estimate of drug-likeness (QED) is 0.756. The number of halogens is 1. The number of anilines is 1. The molecule has 0 radical (unpaired) electrons. The zero-order valence-electron chi connectivity index (χ0n) is 13.5. The summed E-state index contributed by atoms with van der Waals surface area (Å²) in [6, 6.07) is 15.1. The summed E-state index contributed by atoms with van der Waals surface area (Å²) in [6.45, 7) is 4.55.